The summed E-state index contributed by atoms with van der Waals surface area (Å²) in [5.74, 6) is 0.0191. The van der Waals surface area contributed by atoms with Gasteiger partial charge in [-0.1, -0.05) is 0 Å². The van der Waals surface area contributed by atoms with E-state index in [1.807, 2.05) is 6.92 Å². The van der Waals surface area contributed by atoms with E-state index in [1.54, 1.807) is 0 Å². The van der Waals surface area contributed by atoms with Gasteiger partial charge in [0, 0.05) is 37.6 Å². The highest BCUT2D eigenvalue weighted by molar-refractivity contribution is 5.84. The number of nitrogens with one attached hydrogen (secondary N) is 2. The van der Waals surface area contributed by atoms with Crippen LogP contribution in [0.1, 0.15) is 39.0 Å². The van der Waals surface area contributed by atoms with Crippen LogP contribution in [0.5, 0.6) is 0 Å². The van der Waals surface area contributed by atoms with E-state index in [4.69, 9.17) is 4.74 Å². The molecule has 5 nitrogen and oxygen atoms in total. The Morgan fingerprint density at radius 3 is 2.62 bits per heavy atom. The zero-order valence-electron chi connectivity index (χ0n) is 14.6. The molecule has 2 saturated heterocycles. The van der Waals surface area contributed by atoms with Crippen LogP contribution in [-0.2, 0) is 9.53 Å². The molecule has 132 valence electrons. The van der Waals surface area contributed by atoms with E-state index in [-0.39, 0.29) is 18.1 Å². The molecule has 2 atom stereocenters. The van der Waals surface area contributed by atoms with Crippen LogP contribution >= 0.6 is 0 Å². The Kier molecular flexibility index (Phi) is 5.96. The van der Waals surface area contributed by atoms with Crippen LogP contribution in [0.25, 0.3) is 0 Å². The lowest BCUT2D eigenvalue weighted by Crippen LogP contribution is -2.41. The number of carbonyl (C=O) groups excluding carboxylic acids is 1. The van der Waals surface area contributed by atoms with Gasteiger partial charge in [0.15, 0.2) is 0 Å². The van der Waals surface area contributed by atoms with Gasteiger partial charge in [0.05, 0.1) is 6.10 Å². The minimum Gasteiger partial charge on any atom is -0.376 e. The van der Waals surface area contributed by atoms with E-state index >= 15 is 0 Å². The maximum Gasteiger partial charge on any atom is 0.242 e. The summed E-state index contributed by atoms with van der Waals surface area (Å²) < 4.78 is 5.53. The number of hydrogen-bond acceptors (Lipinski definition) is 4. The van der Waals surface area contributed by atoms with Gasteiger partial charge in [-0.05, 0) is 63.3 Å². The minimum atomic E-state index is -0.257. The second-order valence-electron chi connectivity index (χ2n) is 6.84. The Hall–Kier alpha value is -1.75. The second kappa shape index (κ2) is 8.38. The molecule has 0 aromatic heterocycles. The maximum absolute atomic E-state index is 12.2. The molecule has 5 heteroatoms. The molecule has 3 rings (SSSR count). The number of ether oxygens (including phenoxy) is 1. The molecule has 2 N–H and O–H groups in total. The summed E-state index contributed by atoms with van der Waals surface area (Å²) in [6, 6.07) is 8.16. The van der Waals surface area contributed by atoms with E-state index < -0.39 is 0 Å². The molecule has 2 heterocycles. The number of benzene rings is 1. The molecule has 1 aromatic rings. The summed E-state index contributed by atoms with van der Waals surface area (Å²) in [4.78, 5) is 14.6. The number of anilines is 2. The van der Waals surface area contributed by atoms with E-state index in [2.05, 4.69) is 39.8 Å². The van der Waals surface area contributed by atoms with Gasteiger partial charge in [0.25, 0.3) is 0 Å². The first-order chi connectivity index (χ1) is 11.7. The second-order valence-corrected chi connectivity index (χ2v) is 6.84. The number of nitrogens with zero attached hydrogens (tertiary/aromatic N) is 1. The monoisotopic (exact) mass is 331 g/mol. The summed E-state index contributed by atoms with van der Waals surface area (Å²) in [5.41, 5.74) is 2.26. The molecule has 1 aromatic carbocycles. The lowest BCUT2D eigenvalue weighted by molar-refractivity contribution is -0.122. The highest BCUT2D eigenvalue weighted by atomic mass is 16.5. The number of hydrogen-bond donors (Lipinski definition) is 2. The molecular weight excluding hydrogens is 302 g/mol. The largest absolute Gasteiger partial charge is 0.376 e. The van der Waals surface area contributed by atoms with Crippen LogP contribution in [0.4, 0.5) is 11.4 Å². The summed E-state index contributed by atoms with van der Waals surface area (Å²) >= 11 is 0. The van der Waals surface area contributed by atoms with Crippen molar-refractivity contribution in [2.75, 3.05) is 36.5 Å². The van der Waals surface area contributed by atoms with E-state index in [9.17, 15) is 4.79 Å². The molecule has 2 unspecified atom stereocenters. The summed E-state index contributed by atoms with van der Waals surface area (Å²) in [6.45, 7) is 5.61. The number of carbonyl (C=O) groups is 1. The predicted octanol–water partition coefficient (Wildman–Crippen LogP) is 2.77. The molecule has 0 spiro atoms. The van der Waals surface area contributed by atoms with Crippen molar-refractivity contribution in [3.05, 3.63) is 24.3 Å². The Labute approximate surface area is 144 Å². The lowest BCUT2D eigenvalue weighted by Gasteiger charge is -2.29. The van der Waals surface area contributed by atoms with Gasteiger partial charge in [0.2, 0.25) is 5.91 Å². The van der Waals surface area contributed by atoms with Crippen molar-refractivity contribution in [2.24, 2.45) is 0 Å². The van der Waals surface area contributed by atoms with E-state index in [0.717, 1.165) is 38.2 Å². The molecule has 2 aliphatic heterocycles. The molecule has 0 saturated carbocycles. The number of rotatable bonds is 6. The fourth-order valence-corrected chi connectivity index (χ4v) is 3.41. The van der Waals surface area contributed by atoms with Crippen molar-refractivity contribution in [2.45, 2.75) is 51.2 Å². The first-order valence-corrected chi connectivity index (χ1v) is 9.23. The predicted molar refractivity (Wildman–Crippen MR) is 97.6 cm³/mol. The smallest absolute Gasteiger partial charge is 0.242 e. The molecule has 0 bridgehead atoms. The molecule has 24 heavy (non-hydrogen) atoms. The molecule has 0 aliphatic carbocycles. The van der Waals surface area contributed by atoms with Gasteiger partial charge in [-0.15, -0.1) is 0 Å². The minimum absolute atomic E-state index is 0.0191. The van der Waals surface area contributed by atoms with Crippen molar-refractivity contribution >= 4 is 17.3 Å². The third-order valence-electron chi connectivity index (χ3n) is 4.89. The van der Waals surface area contributed by atoms with Gasteiger partial charge in [-0.25, -0.2) is 0 Å². The zero-order chi connectivity index (χ0) is 16.8. The van der Waals surface area contributed by atoms with Crippen LogP contribution in [0.15, 0.2) is 24.3 Å². The first kappa shape index (κ1) is 17.1. The number of piperidine rings is 1. The fourth-order valence-electron chi connectivity index (χ4n) is 3.41. The average Bonchev–Trinajstić information content (AvgIpc) is 3.14. The molecule has 0 radical (unpaired) electrons. The van der Waals surface area contributed by atoms with Crippen LogP contribution in [-0.4, -0.2) is 44.3 Å². The van der Waals surface area contributed by atoms with E-state index in [0.29, 0.717) is 6.54 Å². The Morgan fingerprint density at radius 2 is 1.96 bits per heavy atom. The molecule has 1 amide bonds. The highest BCUT2D eigenvalue weighted by Crippen LogP contribution is 2.22. The van der Waals surface area contributed by atoms with Gasteiger partial charge >= 0.3 is 0 Å². The van der Waals surface area contributed by atoms with Crippen LogP contribution in [0.2, 0.25) is 0 Å². The topological polar surface area (TPSA) is 53.6 Å². The van der Waals surface area contributed by atoms with Gasteiger partial charge in [-0.3, -0.25) is 4.79 Å². The normalized spacial score (nSPS) is 22.2. The van der Waals surface area contributed by atoms with E-state index in [1.165, 1.54) is 24.9 Å². The Bertz CT molecular complexity index is 520. The first-order valence-electron chi connectivity index (χ1n) is 9.23. The summed E-state index contributed by atoms with van der Waals surface area (Å²) in [7, 11) is 0. The van der Waals surface area contributed by atoms with Crippen LogP contribution in [0, 0.1) is 0 Å². The molecule has 2 fully saturated rings. The van der Waals surface area contributed by atoms with Crippen molar-refractivity contribution in [1.82, 2.24) is 5.32 Å². The quantitative estimate of drug-likeness (QED) is 0.842. The third-order valence-corrected chi connectivity index (χ3v) is 4.89. The third kappa shape index (κ3) is 4.63. The SMILES string of the molecule is CC(Nc1ccc(N2CCCCC2)cc1)C(=O)NCC1CCCO1. The van der Waals surface area contributed by atoms with Crippen molar-refractivity contribution in [3.8, 4) is 0 Å². The van der Waals surface area contributed by atoms with Crippen molar-refractivity contribution < 1.29 is 9.53 Å². The van der Waals surface area contributed by atoms with Crippen LogP contribution < -0.4 is 15.5 Å². The summed E-state index contributed by atoms with van der Waals surface area (Å²) in [6.07, 6.45) is 6.22. The van der Waals surface area contributed by atoms with Crippen LogP contribution in [0.3, 0.4) is 0 Å². The fraction of sp³-hybridized carbons (Fsp3) is 0.632. The lowest BCUT2D eigenvalue weighted by atomic mass is 10.1. The summed E-state index contributed by atoms with van der Waals surface area (Å²) in [5, 5.41) is 6.25. The van der Waals surface area contributed by atoms with Gasteiger partial charge in [0.1, 0.15) is 6.04 Å². The zero-order valence-corrected chi connectivity index (χ0v) is 14.6. The molecular formula is C19H29N3O2. The van der Waals surface area contributed by atoms with Crippen molar-refractivity contribution in [3.63, 3.8) is 0 Å². The Morgan fingerprint density at radius 1 is 1.21 bits per heavy atom. The standard InChI is InChI=1S/C19H29N3O2/c1-15(19(23)20-14-18-6-5-13-24-18)21-16-7-9-17(10-8-16)22-11-3-2-4-12-22/h7-10,15,18,21H,2-6,11-14H2,1H3,(H,20,23). The highest BCUT2D eigenvalue weighted by Gasteiger charge is 2.18. The molecule has 2 aliphatic rings. The number of amides is 1. The van der Waals surface area contributed by atoms with Crippen molar-refractivity contribution in [1.29, 1.82) is 0 Å². The maximum atomic E-state index is 12.2. The van der Waals surface area contributed by atoms with Gasteiger partial charge in [-0.2, -0.15) is 0 Å². The van der Waals surface area contributed by atoms with Gasteiger partial charge < -0.3 is 20.3 Å². The average molecular weight is 331 g/mol. The Balaban J connectivity index is 1.46.